The van der Waals surface area contributed by atoms with Crippen LogP contribution in [0.4, 0.5) is 4.39 Å². The quantitative estimate of drug-likeness (QED) is 0.755. The third-order valence-electron chi connectivity index (χ3n) is 4.40. The van der Waals surface area contributed by atoms with Gasteiger partial charge in [-0.1, -0.05) is 27.7 Å². The molecule has 0 amide bonds. The molecule has 2 atom stereocenters. The zero-order valence-electron chi connectivity index (χ0n) is 13.0. The smallest absolute Gasteiger partial charge is 0.126 e. The highest BCUT2D eigenvalue weighted by molar-refractivity contribution is 4.75. The Morgan fingerprint density at radius 3 is 1.79 bits per heavy atom. The highest BCUT2D eigenvalue weighted by atomic mass is 19.1. The van der Waals surface area contributed by atoms with Crippen molar-refractivity contribution < 1.29 is 13.9 Å². The van der Waals surface area contributed by atoms with Crippen molar-refractivity contribution in [2.45, 2.75) is 53.1 Å². The molecule has 19 heavy (non-hydrogen) atoms. The zero-order valence-corrected chi connectivity index (χ0v) is 13.0. The molecule has 0 N–H and O–H groups in total. The van der Waals surface area contributed by atoms with Crippen molar-refractivity contribution in [1.29, 1.82) is 0 Å². The van der Waals surface area contributed by atoms with Gasteiger partial charge in [-0.3, -0.25) is 0 Å². The Morgan fingerprint density at radius 2 is 1.42 bits per heavy atom. The van der Waals surface area contributed by atoms with Crippen LogP contribution in [0, 0.1) is 23.7 Å². The molecule has 0 aromatic carbocycles. The molecule has 0 spiro atoms. The van der Waals surface area contributed by atoms with Crippen LogP contribution >= 0.6 is 0 Å². The first-order chi connectivity index (χ1) is 9.02. The van der Waals surface area contributed by atoms with Crippen molar-refractivity contribution in [3.8, 4) is 0 Å². The van der Waals surface area contributed by atoms with Crippen molar-refractivity contribution in [1.82, 2.24) is 0 Å². The van der Waals surface area contributed by atoms with Crippen LogP contribution < -0.4 is 0 Å². The lowest BCUT2D eigenvalue weighted by molar-refractivity contribution is -0.0161. The molecule has 0 aliphatic carbocycles. The monoisotopic (exact) mass is 274 g/mol. The normalized spacial score (nSPS) is 29.2. The lowest BCUT2D eigenvalue weighted by Gasteiger charge is -2.28. The molecule has 0 bridgehead atoms. The fraction of sp³-hybridized carbons (Fsp3) is 1.00. The highest BCUT2D eigenvalue weighted by Crippen LogP contribution is 2.25. The van der Waals surface area contributed by atoms with Gasteiger partial charge in [0.2, 0.25) is 0 Å². The molecule has 2 aliphatic heterocycles. The number of halogens is 1. The Bertz CT molecular complexity index is 225. The number of hydrogen-bond donors (Lipinski definition) is 0. The fourth-order valence-electron chi connectivity index (χ4n) is 2.85. The van der Waals surface area contributed by atoms with Gasteiger partial charge in [-0.05, 0) is 42.9 Å². The first kappa shape index (κ1) is 16.9. The van der Waals surface area contributed by atoms with Crippen molar-refractivity contribution in [2.75, 3.05) is 26.4 Å². The Hall–Kier alpha value is -0.150. The summed E-state index contributed by atoms with van der Waals surface area (Å²) in [6.07, 6.45) is 2.71. The van der Waals surface area contributed by atoms with Crippen LogP contribution in [0.5, 0.6) is 0 Å². The first-order valence-electron chi connectivity index (χ1n) is 7.82. The molecule has 0 aromatic rings. The molecule has 2 unspecified atom stereocenters. The minimum atomic E-state index is -0.728. The molecule has 3 heteroatoms. The van der Waals surface area contributed by atoms with Crippen molar-refractivity contribution >= 4 is 0 Å². The molecule has 0 saturated carbocycles. The van der Waals surface area contributed by atoms with E-state index in [4.69, 9.17) is 9.47 Å². The summed E-state index contributed by atoms with van der Waals surface area (Å²) >= 11 is 0. The van der Waals surface area contributed by atoms with Gasteiger partial charge in [0.15, 0.2) is 0 Å². The lowest BCUT2D eigenvalue weighted by Crippen LogP contribution is -2.32. The summed E-state index contributed by atoms with van der Waals surface area (Å²) in [6.45, 7) is 11.8. The molecule has 2 heterocycles. The standard InChI is InChI=1S/C8H15FO.C8H16O/c1-6(2)7-3-4-10-5-8(7)9;1-7(2)8-3-5-9-6-4-8/h6-8H,3-5H2,1-2H3;7-8H,3-6H2,1-2H3. The van der Waals surface area contributed by atoms with E-state index in [1.54, 1.807) is 0 Å². The van der Waals surface area contributed by atoms with Crippen molar-refractivity contribution in [3.63, 3.8) is 0 Å². The second-order valence-corrected chi connectivity index (χ2v) is 6.48. The van der Waals surface area contributed by atoms with Gasteiger partial charge in [0, 0.05) is 19.8 Å². The minimum absolute atomic E-state index is 0.230. The maximum Gasteiger partial charge on any atom is 0.126 e. The number of alkyl halides is 1. The number of ether oxygens (including phenoxy) is 2. The molecule has 2 rings (SSSR count). The summed E-state index contributed by atoms with van der Waals surface area (Å²) < 4.78 is 23.2. The van der Waals surface area contributed by atoms with Gasteiger partial charge in [-0.25, -0.2) is 4.39 Å². The van der Waals surface area contributed by atoms with E-state index in [2.05, 4.69) is 27.7 Å². The van der Waals surface area contributed by atoms with Crippen LogP contribution in [0.3, 0.4) is 0 Å². The van der Waals surface area contributed by atoms with E-state index in [9.17, 15) is 4.39 Å². The molecule has 2 saturated heterocycles. The second-order valence-electron chi connectivity index (χ2n) is 6.48. The summed E-state index contributed by atoms with van der Waals surface area (Å²) in [6, 6.07) is 0. The SMILES string of the molecule is CC(C)C1CCOCC1.CC(C)C1CCOCC1F. The summed E-state index contributed by atoms with van der Waals surface area (Å²) in [5, 5.41) is 0. The van der Waals surface area contributed by atoms with Crippen LogP contribution in [-0.4, -0.2) is 32.6 Å². The maximum absolute atomic E-state index is 13.0. The largest absolute Gasteiger partial charge is 0.381 e. The fourth-order valence-corrected chi connectivity index (χ4v) is 2.85. The van der Waals surface area contributed by atoms with Gasteiger partial charge >= 0.3 is 0 Å². The van der Waals surface area contributed by atoms with Gasteiger partial charge < -0.3 is 9.47 Å². The Labute approximate surface area is 118 Å². The topological polar surface area (TPSA) is 18.5 Å². The van der Waals surface area contributed by atoms with Crippen molar-refractivity contribution in [2.24, 2.45) is 23.7 Å². The molecule has 0 aromatic heterocycles. The summed E-state index contributed by atoms with van der Waals surface area (Å²) in [5.41, 5.74) is 0. The molecule has 0 radical (unpaired) electrons. The number of rotatable bonds is 2. The second kappa shape index (κ2) is 8.91. The van der Waals surface area contributed by atoms with E-state index in [-0.39, 0.29) is 5.92 Å². The highest BCUT2D eigenvalue weighted by Gasteiger charge is 2.27. The van der Waals surface area contributed by atoms with E-state index in [1.807, 2.05) is 0 Å². The molecule has 2 nitrogen and oxygen atoms in total. The summed E-state index contributed by atoms with van der Waals surface area (Å²) in [7, 11) is 0. The van der Waals surface area contributed by atoms with Crippen LogP contribution in [0.15, 0.2) is 0 Å². The van der Waals surface area contributed by atoms with Gasteiger partial charge in [0.05, 0.1) is 6.61 Å². The predicted molar refractivity (Wildman–Crippen MR) is 77.0 cm³/mol. The van der Waals surface area contributed by atoms with Gasteiger partial charge in [-0.15, -0.1) is 0 Å². The predicted octanol–water partition coefficient (Wildman–Crippen LogP) is 4.09. The Morgan fingerprint density at radius 1 is 0.842 bits per heavy atom. The van der Waals surface area contributed by atoms with E-state index < -0.39 is 6.17 Å². The first-order valence-corrected chi connectivity index (χ1v) is 7.82. The third kappa shape index (κ3) is 6.22. The van der Waals surface area contributed by atoms with Crippen LogP contribution in [0.1, 0.15) is 47.0 Å². The molecule has 2 fully saturated rings. The van der Waals surface area contributed by atoms with E-state index in [1.165, 1.54) is 12.8 Å². The zero-order chi connectivity index (χ0) is 14.3. The van der Waals surface area contributed by atoms with E-state index in [0.717, 1.165) is 38.1 Å². The van der Waals surface area contributed by atoms with Gasteiger partial charge in [0.25, 0.3) is 0 Å². The molecule has 2 aliphatic rings. The van der Waals surface area contributed by atoms with Gasteiger partial charge in [0.1, 0.15) is 6.17 Å². The number of hydrogen-bond acceptors (Lipinski definition) is 2. The van der Waals surface area contributed by atoms with Crippen molar-refractivity contribution in [3.05, 3.63) is 0 Å². The van der Waals surface area contributed by atoms with Crippen LogP contribution in [0.25, 0.3) is 0 Å². The average Bonchev–Trinajstić information content (AvgIpc) is 2.40. The van der Waals surface area contributed by atoms with Crippen LogP contribution in [0.2, 0.25) is 0 Å². The Balaban J connectivity index is 0.000000191. The molecule has 114 valence electrons. The summed E-state index contributed by atoms with van der Waals surface area (Å²) in [5.74, 6) is 2.47. The average molecular weight is 274 g/mol. The van der Waals surface area contributed by atoms with Gasteiger partial charge in [-0.2, -0.15) is 0 Å². The Kier molecular flexibility index (Phi) is 7.93. The van der Waals surface area contributed by atoms with Crippen LogP contribution in [-0.2, 0) is 9.47 Å². The molecular weight excluding hydrogens is 243 g/mol. The minimum Gasteiger partial charge on any atom is -0.381 e. The maximum atomic E-state index is 13.0. The van der Waals surface area contributed by atoms with E-state index >= 15 is 0 Å². The summed E-state index contributed by atoms with van der Waals surface area (Å²) in [4.78, 5) is 0. The molecular formula is C16H31FO2. The third-order valence-corrected chi connectivity index (χ3v) is 4.40. The lowest BCUT2D eigenvalue weighted by atomic mass is 9.87. The van der Waals surface area contributed by atoms with E-state index in [0.29, 0.717) is 12.5 Å².